The van der Waals surface area contributed by atoms with Crippen molar-refractivity contribution < 1.29 is 17.2 Å². The Balaban J connectivity index is 2.29. The van der Waals surface area contributed by atoms with Crippen molar-refractivity contribution in [3.8, 4) is 0 Å². The van der Waals surface area contributed by atoms with Crippen LogP contribution in [0.2, 0.25) is 0 Å². The molecule has 2 rings (SSSR count). The number of nitrogen functional groups attached to an aromatic ring is 1. The number of anilines is 1. The summed E-state index contributed by atoms with van der Waals surface area (Å²) in [5, 5.41) is 12.3. The molecule has 0 bridgehead atoms. The van der Waals surface area contributed by atoms with Crippen LogP contribution < -0.4 is 10.5 Å². The molecule has 0 aliphatic carbocycles. The van der Waals surface area contributed by atoms with Crippen molar-refractivity contribution in [3.05, 3.63) is 29.6 Å². The maximum Gasteiger partial charge on any atom is 0.246 e. The van der Waals surface area contributed by atoms with Crippen LogP contribution in [-0.2, 0) is 16.6 Å². The third kappa shape index (κ3) is 2.82. The molecule has 1 heterocycles. The van der Waals surface area contributed by atoms with E-state index in [0.717, 1.165) is 0 Å². The number of hydrogen-bond donors (Lipinski definition) is 3. The minimum absolute atomic E-state index is 0.0276. The molecule has 8 nitrogen and oxygen atoms in total. The molecule has 2 aromatic rings. The Labute approximate surface area is 106 Å². The standard InChI is InChI=1S/C8H8F2N6O2S/c9-5-1-4(11)2-6(10)8(5)19(17,18)12-3-7-13-15-16-14-7/h1-2,12H,3,11H2,(H,13,14,15,16). The van der Waals surface area contributed by atoms with Crippen LogP contribution in [-0.4, -0.2) is 29.0 Å². The number of nitrogens with zero attached hydrogens (tertiary/aromatic N) is 3. The van der Waals surface area contributed by atoms with Crippen LogP contribution in [0.25, 0.3) is 0 Å². The average molecular weight is 290 g/mol. The fraction of sp³-hybridized carbons (Fsp3) is 0.125. The van der Waals surface area contributed by atoms with E-state index in [1.54, 1.807) is 0 Å². The van der Waals surface area contributed by atoms with Crippen molar-refractivity contribution in [2.24, 2.45) is 0 Å². The monoisotopic (exact) mass is 290 g/mol. The lowest BCUT2D eigenvalue weighted by molar-refractivity contribution is 0.514. The van der Waals surface area contributed by atoms with Crippen LogP contribution in [0, 0.1) is 11.6 Å². The van der Waals surface area contributed by atoms with Crippen LogP contribution in [0.3, 0.4) is 0 Å². The summed E-state index contributed by atoms with van der Waals surface area (Å²) in [5.74, 6) is -2.53. The Kier molecular flexibility index (Phi) is 3.40. The first-order chi connectivity index (χ1) is 8.90. The van der Waals surface area contributed by atoms with Gasteiger partial charge in [0.15, 0.2) is 10.7 Å². The smallest absolute Gasteiger partial charge is 0.246 e. The summed E-state index contributed by atoms with van der Waals surface area (Å²) >= 11 is 0. The van der Waals surface area contributed by atoms with Gasteiger partial charge in [-0.3, -0.25) is 0 Å². The maximum absolute atomic E-state index is 13.5. The second-order valence-corrected chi connectivity index (χ2v) is 5.17. The molecule has 19 heavy (non-hydrogen) atoms. The van der Waals surface area contributed by atoms with E-state index in [0.29, 0.717) is 12.1 Å². The van der Waals surface area contributed by atoms with Crippen LogP contribution >= 0.6 is 0 Å². The molecular formula is C8H8F2N6O2S. The highest BCUT2D eigenvalue weighted by molar-refractivity contribution is 7.89. The third-order valence-corrected chi connectivity index (χ3v) is 3.55. The van der Waals surface area contributed by atoms with Gasteiger partial charge in [0.1, 0.15) is 11.6 Å². The van der Waals surface area contributed by atoms with Crippen LogP contribution in [0.4, 0.5) is 14.5 Å². The first-order valence-electron chi connectivity index (χ1n) is 4.86. The van der Waals surface area contributed by atoms with Gasteiger partial charge in [0.05, 0.1) is 6.54 Å². The van der Waals surface area contributed by atoms with E-state index in [1.165, 1.54) is 0 Å². The van der Waals surface area contributed by atoms with Gasteiger partial charge in [0.25, 0.3) is 0 Å². The normalized spacial score (nSPS) is 11.7. The van der Waals surface area contributed by atoms with Gasteiger partial charge in [-0.15, -0.1) is 10.2 Å². The zero-order valence-corrected chi connectivity index (χ0v) is 10.1. The van der Waals surface area contributed by atoms with Crippen molar-refractivity contribution in [2.75, 3.05) is 5.73 Å². The van der Waals surface area contributed by atoms with Gasteiger partial charge >= 0.3 is 0 Å². The number of hydrogen-bond acceptors (Lipinski definition) is 6. The number of H-pyrrole nitrogens is 1. The van der Waals surface area contributed by atoms with Crippen LogP contribution in [0.5, 0.6) is 0 Å². The Morgan fingerprint density at radius 3 is 2.47 bits per heavy atom. The van der Waals surface area contributed by atoms with Crippen LogP contribution in [0.15, 0.2) is 17.0 Å². The minimum Gasteiger partial charge on any atom is -0.399 e. The Bertz CT molecular complexity index is 664. The molecule has 0 amide bonds. The highest BCUT2D eigenvalue weighted by Gasteiger charge is 2.24. The molecule has 1 aromatic heterocycles. The molecule has 0 saturated heterocycles. The molecule has 0 aliphatic heterocycles. The molecule has 0 saturated carbocycles. The van der Waals surface area contributed by atoms with Gasteiger partial charge in [0.2, 0.25) is 10.0 Å². The van der Waals surface area contributed by atoms with Gasteiger partial charge in [-0.05, 0) is 12.1 Å². The van der Waals surface area contributed by atoms with E-state index in [-0.39, 0.29) is 18.1 Å². The SMILES string of the molecule is Nc1cc(F)c(S(=O)(=O)NCc2nn[nH]n2)c(F)c1. The van der Waals surface area contributed by atoms with Crippen molar-refractivity contribution in [2.45, 2.75) is 11.4 Å². The van der Waals surface area contributed by atoms with E-state index >= 15 is 0 Å². The quantitative estimate of drug-likeness (QED) is 0.654. The molecule has 4 N–H and O–H groups in total. The third-order valence-electron chi connectivity index (χ3n) is 2.10. The Morgan fingerprint density at radius 1 is 1.32 bits per heavy atom. The highest BCUT2D eigenvalue weighted by atomic mass is 32.2. The zero-order chi connectivity index (χ0) is 14.0. The summed E-state index contributed by atoms with van der Waals surface area (Å²) < 4.78 is 52.4. The average Bonchev–Trinajstić information content (AvgIpc) is 2.77. The fourth-order valence-electron chi connectivity index (χ4n) is 1.33. The molecule has 0 unspecified atom stereocenters. The molecule has 0 fully saturated rings. The minimum atomic E-state index is -4.39. The summed E-state index contributed by atoms with van der Waals surface area (Å²) in [4.78, 5) is -1.11. The molecular weight excluding hydrogens is 282 g/mol. The highest BCUT2D eigenvalue weighted by Crippen LogP contribution is 2.21. The van der Waals surface area contributed by atoms with Gasteiger partial charge < -0.3 is 5.73 Å². The number of nitrogens with one attached hydrogen (secondary N) is 2. The number of halogens is 2. The van der Waals surface area contributed by atoms with Gasteiger partial charge in [-0.2, -0.15) is 5.21 Å². The summed E-state index contributed by atoms with van der Waals surface area (Å²) in [6.45, 7) is -0.359. The van der Waals surface area contributed by atoms with Gasteiger partial charge in [-0.25, -0.2) is 21.9 Å². The van der Waals surface area contributed by atoms with Crippen molar-refractivity contribution >= 4 is 15.7 Å². The second-order valence-electron chi connectivity index (χ2n) is 3.47. The summed E-state index contributed by atoms with van der Waals surface area (Å²) in [7, 11) is -4.39. The van der Waals surface area contributed by atoms with Crippen molar-refractivity contribution in [3.63, 3.8) is 0 Å². The van der Waals surface area contributed by atoms with Crippen LogP contribution in [0.1, 0.15) is 5.82 Å². The summed E-state index contributed by atoms with van der Waals surface area (Å²) in [6.07, 6.45) is 0. The van der Waals surface area contributed by atoms with E-state index in [4.69, 9.17) is 5.73 Å². The molecule has 0 spiro atoms. The lowest BCUT2D eigenvalue weighted by Crippen LogP contribution is -2.26. The lowest BCUT2D eigenvalue weighted by Gasteiger charge is -2.07. The van der Waals surface area contributed by atoms with Crippen molar-refractivity contribution in [1.29, 1.82) is 0 Å². The first kappa shape index (κ1) is 13.3. The predicted octanol–water partition coefficient (Wildman–Crippen LogP) is -0.461. The molecule has 0 radical (unpaired) electrons. The second kappa shape index (κ2) is 4.85. The Morgan fingerprint density at radius 2 is 1.95 bits per heavy atom. The summed E-state index contributed by atoms with van der Waals surface area (Å²) in [5.41, 5.74) is 4.98. The molecule has 0 atom stereocenters. The molecule has 1 aromatic carbocycles. The number of aromatic nitrogens is 4. The molecule has 102 valence electrons. The number of nitrogens with two attached hydrogens (primary N) is 1. The zero-order valence-electron chi connectivity index (χ0n) is 9.26. The van der Waals surface area contributed by atoms with E-state index in [9.17, 15) is 17.2 Å². The lowest BCUT2D eigenvalue weighted by atomic mass is 10.3. The fourth-order valence-corrected chi connectivity index (χ4v) is 2.42. The largest absolute Gasteiger partial charge is 0.399 e. The number of rotatable bonds is 4. The maximum atomic E-state index is 13.5. The van der Waals surface area contributed by atoms with E-state index in [1.807, 2.05) is 4.72 Å². The number of tetrazole rings is 1. The van der Waals surface area contributed by atoms with Crippen molar-refractivity contribution in [1.82, 2.24) is 25.3 Å². The first-order valence-corrected chi connectivity index (χ1v) is 6.35. The molecule has 0 aliphatic rings. The van der Waals surface area contributed by atoms with Gasteiger partial charge in [-0.1, -0.05) is 5.21 Å². The van der Waals surface area contributed by atoms with Gasteiger partial charge in [0, 0.05) is 5.69 Å². The number of sulfonamides is 1. The van der Waals surface area contributed by atoms with E-state index in [2.05, 4.69) is 20.6 Å². The predicted molar refractivity (Wildman–Crippen MR) is 59.0 cm³/mol. The topological polar surface area (TPSA) is 127 Å². The number of benzene rings is 1. The Hall–Kier alpha value is -2.14. The summed E-state index contributed by atoms with van der Waals surface area (Å²) in [6, 6.07) is 1.43. The molecule has 11 heteroatoms. The number of aromatic amines is 1. The van der Waals surface area contributed by atoms with E-state index < -0.39 is 26.6 Å².